The topological polar surface area (TPSA) is 71.0 Å². The van der Waals surface area contributed by atoms with Gasteiger partial charge in [-0.15, -0.1) is 0 Å². The molecule has 0 unspecified atom stereocenters. The van der Waals surface area contributed by atoms with Gasteiger partial charge in [-0.3, -0.25) is 0 Å². The summed E-state index contributed by atoms with van der Waals surface area (Å²) in [6.45, 7) is 0.643. The third kappa shape index (κ3) is 3.15. The van der Waals surface area contributed by atoms with E-state index in [1.807, 2.05) is 55.5 Å². The van der Waals surface area contributed by atoms with Crippen LogP contribution in [0.4, 0.5) is 8.78 Å². The molecule has 0 fully saturated rings. The van der Waals surface area contributed by atoms with E-state index in [0.29, 0.717) is 11.1 Å². The van der Waals surface area contributed by atoms with Crippen LogP contribution in [0.3, 0.4) is 0 Å². The number of aromatic nitrogens is 3. The summed E-state index contributed by atoms with van der Waals surface area (Å²) in [4.78, 5) is 3.22. The average Bonchev–Trinajstić information content (AvgIpc) is 3.34. The van der Waals surface area contributed by atoms with E-state index in [0.717, 1.165) is 39.5 Å². The SMILES string of the molecule is Cc1ccc([C@H]2c3[nH]c4ccccc4c3CCN2S(=O)(=O)c2cnn(C(F)F)c2C)cc1. The number of aromatic amines is 1. The number of rotatable bonds is 4. The molecule has 2 aromatic carbocycles. The second-order valence-corrected chi connectivity index (χ2v) is 9.92. The Morgan fingerprint density at radius 2 is 1.81 bits per heavy atom. The number of nitrogens with one attached hydrogen (secondary N) is 1. The summed E-state index contributed by atoms with van der Waals surface area (Å²) in [6.07, 6.45) is 1.53. The Morgan fingerprint density at radius 3 is 2.50 bits per heavy atom. The minimum atomic E-state index is -4.10. The van der Waals surface area contributed by atoms with E-state index >= 15 is 0 Å². The van der Waals surface area contributed by atoms with Crippen LogP contribution in [-0.4, -0.2) is 34.0 Å². The van der Waals surface area contributed by atoms with E-state index in [1.54, 1.807) is 0 Å². The van der Waals surface area contributed by atoms with Gasteiger partial charge in [0.15, 0.2) is 0 Å². The fraction of sp³-hybridized carbons (Fsp3) is 0.261. The standard InChI is InChI=1S/C23H22F2N4O2S/c1-14-7-9-16(10-8-14)22-21-18(17-5-3-4-6-19(17)27-21)11-12-28(22)32(30,31)20-13-26-29(15(20)2)23(24)25/h3-10,13,22-23,27H,11-12H2,1-2H3/t22-/m0/s1. The van der Waals surface area contributed by atoms with Crippen LogP contribution in [-0.2, 0) is 16.4 Å². The van der Waals surface area contributed by atoms with E-state index in [1.165, 1.54) is 11.2 Å². The monoisotopic (exact) mass is 456 g/mol. The number of aryl methyl sites for hydroxylation is 1. The molecule has 1 aliphatic rings. The van der Waals surface area contributed by atoms with Gasteiger partial charge in [-0.1, -0.05) is 48.0 Å². The highest BCUT2D eigenvalue weighted by Crippen LogP contribution is 2.41. The molecule has 3 heterocycles. The van der Waals surface area contributed by atoms with Gasteiger partial charge in [0.25, 0.3) is 0 Å². The first kappa shape index (κ1) is 20.8. The number of H-pyrrole nitrogens is 1. The molecular weight excluding hydrogens is 434 g/mol. The number of sulfonamides is 1. The normalized spacial score (nSPS) is 17.2. The van der Waals surface area contributed by atoms with Gasteiger partial charge in [0.2, 0.25) is 10.0 Å². The summed E-state index contributed by atoms with van der Waals surface area (Å²) < 4.78 is 55.8. The number of fused-ring (bicyclic) bond motifs is 3. The number of hydrogen-bond donors (Lipinski definition) is 1. The molecule has 0 aliphatic carbocycles. The van der Waals surface area contributed by atoms with Crippen LogP contribution in [0.15, 0.2) is 59.6 Å². The Bertz CT molecular complexity index is 1410. The third-order valence-corrected chi connectivity index (χ3v) is 8.12. The number of para-hydroxylation sites is 1. The van der Waals surface area contributed by atoms with Gasteiger partial charge in [0.1, 0.15) is 4.90 Å². The summed E-state index contributed by atoms with van der Waals surface area (Å²) in [5.41, 5.74) is 4.62. The maximum atomic E-state index is 13.7. The van der Waals surface area contributed by atoms with Crippen LogP contribution >= 0.6 is 0 Å². The molecular formula is C23H22F2N4O2S. The van der Waals surface area contributed by atoms with E-state index in [9.17, 15) is 17.2 Å². The zero-order valence-electron chi connectivity index (χ0n) is 17.6. The molecule has 0 amide bonds. The van der Waals surface area contributed by atoms with Gasteiger partial charge in [-0.25, -0.2) is 13.1 Å². The number of hydrogen-bond acceptors (Lipinski definition) is 3. The van der Waals surface area contributed by atoms with Crippen molar-refractivity contribution in [3.05, 3.63) is 82.8 Å². The number of benzene rings is 2. The summed E-state index contributed by atoms with van der Waals surface area (Å²) in [7, 11) is -4.10. The average molecular weight is 457 g/mol. The minimum Gasteiger partial charge on any atom is -0.357 e. The van der Waals surface area contributed by atoms with Crippen molar-refractivity contribution in [3.63, 3.8) is 0 Å². The van der Waals surface area contributed by atoms with Crippen molar-refractivity contribution < 1.29 is 17.2 Å². The lowest BCUT2D eigenvalue weighted by atomic mass is 9.94. The van der Waals surface area contributed by atoms with Gasteiger partial charge in [-0.2, -0.15) is 18.2 Å². The molecule has 166 valence electrons. The molecule has 0 bridgehead atoms. The lowest BCUT2D eigenvalue weighted by Crippen LogP contribution is -2.40. The summed E-state index contributed by atoms with van der Waals surface area (Å²) >= 11 is 0. The van der Waals surface area contributed by atoms with Crippen molar-refractivity contribution in [2.75, 3.05) is 6.54 Å². The molecule has 0 radical (unpaired) electrons. The van der Waals surface area contributed by atoms with Gasteiger partial charge in [-0.05, 0) is 37.5 Å². The van der Waals surface area contributed by atoms with Gasteiger partial charge in [0.05, 0.1) is 17.9 Å². The third-order valence-electron chi connectivity index (χ3n) is 6.15. The molecule has 32 heavy (non-hydrogen) atoms. The second-order valence-electron chi connectivity index (χ2n) is 8.06. The molecule has 4 aromatic rings. The van der Waals surface area contributed by atoms with Crippen LogP contribution in [0.25, 0.3) is 10.9 Å². The quantitative estimate of drug-likeness (QED) is 0.483. The molecule has 1 N–H and O–H groups in total. The van der Waals surface area contributed by atoms with Crippen LogP contribution in [0, 0.1) is 13.8 Å². The van der Waals surface area contributed by atoms with E-state index in [2.05, 4.69) is 10.1 Å². The maximum Gasteiger partial charge on any atom is 0.333 e. The van der Waals surface area contributed by atoms with E-state index < -0.39 is 22.6 Å². The number of alkyl halides is 2. The minimum absolute atomic E-state index is 0.0786. The Morgan fingerprint density at radius 1 is 1.09 bits per heavy atom. The first-order valence-corrected chi connectivity index (χ1v) is 11.7. The molecule has 0 spiro atoms. The number of nitrogens with zero attached hydrogens (tertiary/aromatic N) is 3. The van der Waals surface area contributed by atoms with Gasteiger partial charge < -0.3 is 4.98 Å². The highest BCUT2D eigenvalue weighted by atomic mass is 32.2. The smallest absolute Gasteiger partial charge is 0.333 e. The van der Waals surface area contributed by atoms with Crippen LogP contribution < -0.4 is 0 Å². The summed E-state index contributed by atoms with van der Waals surface area (Å²) in [5.74, 6) is 0. The van der Waals surface area contributed by atoms with Crippen molar-refractivity contribution in [3.8, 4) is 0 Å². The lowest BCUT2D eigenvalue weighted by molar-refractivity contribution is 0.0541. The molecule has 2 aromatic heterocycles. The fourth-order valence-corrected chi connectivity index (χ4v) is 6.28. The van der Waals surface area contributed by atoms with Crippen molar-refractivity contribution in [1.29, 1.82) is 0 Å². The molecule has 5 rings (SSSR count). The summed E-state index contributed by atoms with van der Waals surface area (Å²) in [6, 6.07) is 15.0. The van der Waals surface area contributed by atoms with Crippen molar-refractivity contribution in [2.24, 2.45) is 0 Å². The first-order chi connectivity index (χ1) is 15.3. The first-order valence-electron chi connectivity index (χ1n) is 10.3. The molecule has 1 atom stereocenters. The molecule has 0 saturated carbocycles. The van der Waals surface area contributed by atoms with Gasteiger partial charge in [0, 0.05) is 23.1 Å². The zero-order valence-corrected chi connectivity index (χ0v) is 18.4. The van der Waals surface area contributed by atoms with E-state index in [4.69, 9.17) is 0 Å². The maximum absolute atomic E-state index is 13.7. The van der Waals surface area contributed by atoms with Crippen LogP contribution in [0.5, 0.6) is 0 Å². The lowest BCUT2D eigenvalue weighted by Gasteiger charge is -2.35. The Labute approximate surface area is 184 Å². The fourth-order valence-electron chi connectivity index (χ4n) is 4.54. The predicted molar refractivity (Wildman–Crippen MR) is 117 cm³/mol. The Hall–Kier alpha value is -3.04. The predicted octanol–water partition coefficient (Wildman–Crippen LogP) is 4.71. The summed E-state index contributed by atoms with van der Waals surface area (Å²) in [5, 5.41) is 4.69. The van der Waals surface area contributed by atoms with Crippen molar-refractivity contribution >= 4 is 20.9 Å². The van der Waals surface area contributed by atoms with Crippen molar-refractivity contribution in [1.82, 2.24) is 19.1 Å². The van der Waals surface area contributed by atoms with Crippen molar-refractivity contribution in [2.45, 2.75) is 37.8 Å². The largest absolute Gasteiger partial charge is 0.357 e. The highest BCUT2D eigenvalue weighted by molar-refractivity contribution is 7.89. The van der Waals surface area contributed by atoms with Crippen LogP contribution in [0.1, 0.15) is 40.7 Å². The van der Waals surface area contributed by atoms with E-state index in [-0.39, 0.29) is 17.1 Å². The van der Waals surface area contributed by atoms with Crippen LogP contribution in [0.2, 0.25) is 0 Å². The molecule has 9 heteroatoms. The highest BCUT2D eigenvalue weighted by Gasteiger charge is 2.40. The Kier molecular flexibility index (Phi) is 4.90. The molecule has 1 aliphatic heterocycles. The zero-order chi connectivity index (χ0) is 22.6. The molecule has 6 nitrogen and oxygen atoms in total. The Balaban J connectivity index is 1.70. The number of halogens is 2. The molecule has 0 saturated heterocycles. The van der Waals surface area contributed by atoms with Gasteiger partial charge >= 0.3 is 6.55 Å². The second kappa shape index (κ2) is 7.53.